The number of rotatable bonds is 11. The van der Waals surface area contributed by atoms with Crippen molar-refractivity contribution < 1.29 is 23.4 Å². The van der Waals surface area contributed by atoms with E-state index in [1.54, 1.807) is 23.1 Å². The first-order chi connectivity index (χ1) is 26.8. The number of likely N-dealkylation sites (tertiary alicyclic amines) is 1. The lowest BCUT2D eigenvalue weighted by Crippen LogP contribution is -2.53. The maximum absolute atomic E-state index is 14.5. The molecular weight excluding hydrogens is 720 g/mol. The van der Waals surface area contributed by atoms with E-state index >= 15 is 0 Å². The molecule has 0 aliphatic carbocycles. The number of aromatic nitrogens is 6. The fourth-order valence-corrected chi connectivity index (χ4v) is 8.01. The van der Waals surface area contributed by atoms with Gasteiger partial charge in [0.15, 0.2) is 0 Å². The first-order valence-corrected chi connectivity index (χ1v) is 19.3. The number of halogens is 3. The summed E-state index contributed by atoms with van der Waals surface area (Å²) in [6, 6.07) is 7.41. The maximum Gasteiger partial charge on any atom is 0.137 e. The largest absolute Gasteiger partial charge is 0.381 e. The Morgan fingerprint density at radius 3 is 1.71 bits per heavy atom. The lowest BCUT2D eigenvalue weighted by Gasteiger charge is -2.45. The van der Waals surface area contributed by atoms with Crippen molar-refractivity contribution in [3.8, 4) is 0 Å². The van der Waals surface area contributed by atoms with Crippen LogP contribution in [0.25, 0.3) is 0 Å². The maximum atomic E-state index is 14.5. The van der Waals surface area contributed by atoms with Crippen LogP contribution in [0.4, 0.5) is 18.9 Å². The molecule has 5 heterocycles. The predicted octanol–water partition coefficient (Wildman–Crippen LogP) is 5.99. The lowest BCUT2D eigenvalue weighted by atomic mass is 9.83. The fourth-order valence-electron chi connectivity index (χ4n) is 8.01. The first kappa shape index (κ1) is 41.0. The molecule has 56 heavy (non-hydrogen) atoms. The van der Waals surface area contributed by atoms with E-state index in [1.807, 2.05) is 6.92 Å². The zero-order valence-corrected chi connectivity index (χ0v) is 32.7. The van der Waals surface area contributed by atoms with Gasteiger partial charge in [-0.15, -0.1) is 0 Å². The third-order valence-electron chi connectivity index (χ3n) is 11.8. The average molecular weight is 774 g/mol. The summed E-state index contributed by atoms with van der Waals surface area (Å²) in [6.45, 7) is 19.1. The predicted molar refractivity (Wildman–Crippen MR) is 210 cm³/mol. The number of hydrogen-bond acceptors (Lipinski definition) is 9. The van der Waals surface area contributed by atoms with Gasteiger partial charge < -0.3 is 15.1 Å². The molecule has 0 bridgehead atoms. The summed E-state index contributed by atoms with van der Waals surface area (Å²) in [5, 5.41) is 32.1. The van der Waals surface area contributed by atoms with E-state index in [4.69, 9.17) is 0 Å². The second-order valence-corrected chi connectivity index (χ2v) is 15.5. The number of nitrogens with zero attached hydrogens (tertiary/aromatic N) is 9. The third-order valence-corrected chi connectivity index (χ3v) is 11.8. The summed E-state index contributed by atoms with van der Waals surface area (Å²) in [5.74, 6) is -1.74. The Kier molecular flexibility index (Phi) is 12.9. The second kappa shape index (κ2) is 17.7. The van der Waals surface area contributed by atoms with Crippen LogP contribution >= 0.6 is 0 Å². The first-order valence-electron chi connectivity index (χ1n) is 19.3. The number of piperidine rings is 2. The van der Waals surface area contributed by atoms with E-state index < -0.39 is 28.9 Å². The van der Waals surface area contributed by atoms with Gasteiger partial charge in [-0.3, -0.25) is 9.80 Å². The Morgan fingerprint density at radius 1 is 0.696 bits per heavy atom. The van der Waals surface area contributed by atoms with E-state index in [1.165, 1.54) is 52.5 Å². The Hall–Kier alpha value is -4.63. The van der Waals surface area contributed by atoms with Crippen LogP contribution in [0.15, 0.2) is 97.7 Å². The molecular formula is C42H54F3N9O2. The van der Waals surface area contributed by atoms with Crippen molar-refractivity contribution in [3.05, 3.63) is 126 Å². The molecule has 4 atom stereocenters. The quantitative estimate of drug-likeness (QED) is 0.178. The highest BCUT2D eigenvalue weighted by Gasteiger charge is 2.44. The Labute approximate surface area is 327 Å². The molecule has 2 aromatic heterocycles. The monoisotopic (exact) mass is 773 g/mol. The number of benzene rings is 2. The van der Waals surface area contributed by atoms with Crippen LogP contribution < -0.4 is 4.90 Å². The highest BCUT2D eigenvalue weighted by atomic mass is 19.1. The van der Waals surface area contributed by atoms with Gasteiger partial charge in [0.05, 0.1) is 13.1 Å². The minimum absolute atomic E-state index is 0.0237. The Bertz CT molecular complexity index is 1970. The molecule has 11 nitrogen and oxygen atoms in total. The summed E-state index contributed by atoms with van der Waals surface area (Å²) in [5.41, 5.74) is 2.46. The van der Waals surface area contributed by atoms with Gasteiger partial charge in [-0.05, 0) is 71.1 Å². The smallest absolute Gasteiger partial charge is 0.137 e. The molecule has 7 rings (SSSR count). The van der Waals surface area contributed by atoms with Crippen LogP contribution in [-0.2, 0) is 24.3 Å². The molecule has 2 fully saturated rings. The van der Waals surface area contributed by atoms with Crippen LogP contribution in [0.2, 0.25) is 0 Å². The zero-order chi connectivity index (χ0) is 40.0. The molecule has 0 radical (unpaired) electrons. The van der Waals surface area contributed by atoms with Crippen molar-refractivity contribution in [2.75, 3.05) is 44.2 Å². The summed E-state index contributed by atoms with van der Waals surface area (Å²) in [4.78, 5) is 14.5. The molecule has 2 aromatic carbocycles. The molecule has 0 saturated carbocycles. The van der Waals surface area contributed by atoms with Crippen molar-refractivity contribution in [1.29, 1.82) is 0 Å². The van der Waals surface area contributed by atoms with E-state index in [0.717, 1.165) is 88.2 Å². The fraction of sp³-hybridized carbons (Fsp3) is 0.476. The van der Waals surface area contributed by atoms with Gasteiger partial charge in [0, 0.05) is 74.2 Å². The SMILES string of the molecule is C=C1CCN(c2cc(F)ccc2[C@@](O)(Cn2cncn2)C(C)N2CCC(=C)CC2)CC1.CC1=CCN([C@H](C)[C@](O)(Cn2cncn2)c2ccc(F)cc2F)CC1. The normalized spacial score (nSPS) is 20.4. The van der Waals surface area contributed by atoms with Gasteiger partial charge in [0.25, 0.3) is 0 Å². The van der Waals surface area contributed by atoms with E-state index in [0.29, 0.717) is 6.54 Å². The molecule has 3 aliphatic heterocycles. The van der Waals surface area contributed by atoms with Crippen molar-refractivity contribution in [2.24, 2.45) is 0 Å². The van der Waals surface area contributed by atoms with Crippen LogP contribution in [0.5, 0.6) is 0 Å². The van der Waals surface area contributed by atoms with Gasteiger partial charge in [0.2, 0.25) is 0 Å². The lowest BCUT2D eigenvalue weighted by molar-refractivity contribution is -0.0631. The minimum atomic E-state index is -1.58. The van der Waals surface area contributed by atoms with Gasteiger partial charge in [-0.1, -0.05) is 48.1 Å². The molecule has 3 aliphatic rings. The molecule has 0 spiro atoms. The molecule has 2 saturated heterocycles. The second-order valence-electron chi connectivity index (χ2n) is 15.5. The third kappa shape index (κ3) is 9.31. The van der Waals surface area contributed by atoms with E-state index in [9.17, 15) is 23.4 Å². The summed E-state index contributed by atoms with van der Waals surface area (Å²) < 4.78 is 45.3. The molecule has 2 N–H and O–H groups in total. The number of hydrogen-bond donors (Lipinski definition) is 2. The average Bonchev–Trinajstić information content (AvgIpc) is 3.90. The summed E-state index contributed by atoms with van der Waals surface area (Å²) in [7, 11) is 0. The molecule has 0 amide bonds. The minimum Gasteiger partial charge on any atom is -0.381 e. The van der Waals surface area contributed by atoms with Crippen LogP contribution in [-0.4, -0.2) is 101 Å². The summed E-state index contributed by atoms with van der Waals surface area (Å²) >= 11 is 0. The van der Waals surface area contributed by atoms with Crippen molar-refractivity contribution in [1.82, 2.24) is 39.3 Å². The van der Waals surface area contributed by atoms with E-state index in [-0.39, 0.29) is 30.5 Å². The molecule has 1 unspecified atom stereocenters. The topological polar surface area (TPSA) is 112 Å². The van der Waals surface area contributed by atoms with Crippen molar-refractivity contribution in [2.45, 2.75) is 89.3 Å². The van der Waals surface area contributed by atoms with Crippen molar-refractivity contribution in [3.63, 3.8) is 0 Å². The Balaban J connectivity index is 0.000000194. The zero-order valence-electron chi connectivity index (χ0n) is 32.7. The molecule has 300 valence electrons. The van der Waals surface area contributed by atoms with Crippen LogP contribution in [0.1, 0.15) is 64.0 Å². The van der Waals surface area contributed by atoms with Crippen LogP contribution in [0, 0.1) is 17.5 Å². The van der Waals surface area contributed by atoms with Gasteiger partial charge in [0.1, 0.15) is 54.0 Å². The van der Waals surface area contributed by atoms with Gasteiger partial charge >= 0.3 is 0 Å². The van der Waals surface area contributed by atoms with Gasteiger partial charge in [-0.25, -0.2) is 32.5 Å². The molecule has 14 heteroatoms. The van der Waals surface area contributed by atoms with Crippen molar-refractivity contribution >= 4 is 5.69 Å². The molecule has 4 aromatic rings. The Morgan fingerprint density at radius 2 is 1.20 bits per heavy atom. The summed E-state index contributed by atoms with van der Waals surface area (Å²) in [6.07, 6.45) is 12.5. The van der Waals surface area contributed by atoms with Gasteiger partial charge in [-0.2, -0.15) is 10.2 Å². The number of aliphatic hydroxyl groups is 2. The van der Waals surface area contributed by atoms with E-state index in [2.05, 4.69) is 67.9 Å². The number of anilines is 1. The highest BCUT2D eigenvalue weighted by Crippen LogP contribution is 2.40. The van der Waals surface area contributed by atoms with Crippen LogP contribution in [0.3, 0.4) is 0 Å². The standard InChI is InChI=1S/C24H32FN5O.C18H22F2N4O/c1-18-6-10-28(11-7-18)20(3)24(31,15-30-17-26-16-27-30)22-5-4-21(25)14-23(22)29-12-8-19(2)9-13-29;1-13-5-7-23(8-6-13)14(2)18(25,10-24-12-21-11-22-24)16-4-3-15(19)9-17(16)20/h4-5,14,16-17,20,31H,1-2,6-13,15H2,3H3;3-5,9,11-12,14,25H,6-8,10H2,1-2H3/t20?,24-;14-,18-/m11/s1. The highest BCUT2D eigenvalue weighted by molar-refractivity contribution is 5.57.